The predicted octanol–water partition coefficient (Wildman–Crippen LogP) is 3.86. The molecule has 7 nitrogen and oxygen atoms in total. The number of ether oxygens (including phenoxy) is 1. The van der Waals surface area contributed by atoms with E-state index < -0.39 is 0 Å². The zero-order valence-corrected chi connectivity index (χ0v) is 18.9. The van der Waals surface area contributed by atoms with Crippen LogP contribution >= 0.6 is 11.3 Å². The Bertz CT molecular complexity index is 1210. The smallest absolute Gasteiger partial charge is 0.239 e. The highest BCUT2D eigenvalue weighted by Gasteiger charge is 2.18. The van der Waals surface area contributed by atoms with Gasteiger partial charge in [-0.25, -0.2) is 4.68 Å². The summed E-state index contributed by atoms with van der Waals surface area (Å²) >= 11 is 1.55. The van der Waals surface area contributed by atoms with E-state index in [4.69, 9.17) is 9.72 Å². The summed E-state index contributed by atoms with van der Waals surface area (Å²) in [5, 5.41) is 8.39. The number of aryl methyl sites for hydroxylation is 2. The van der Waals surface area contributed by atoms with Gasteiger partial charge in [-0.3, -0.25) is 4.79 Å². The van der Waals surface area contributed by atoms with Gasteiger partial charge in [0, 0.05) is 13.6 Å². The molecule has 4 aromatic rings. The van der Waals surface area contributed by atoms with Crippen molar-refractivity contribution < 1.29 is 9.53 Å². The quantitative estimate of drug-likeness (QED) is 0.477. The lowest BCUT2D eigenvalue weighted by molar-refractivity contribution is -0.119. The number of likely N-dealkylation sites (N-methyl/N-ethyl adjacent to an activating group) is 1. The predicted molar refractivity (Wildman–Crippen MR) is 124 cm³/mol. The first-order valence-corrected chi connectivity index (χ1v) is 10.8. The first-order chi connectivity index (χ1) is 14.9. The summed E-state index contributed by atoms with van der Waals surface area (Å²) in [6.07, 6.45) is 0. The lowest BCUT2D eigenvalue weighted by Gasteiger charge is -2.15. The highest BCUT2D eigenvalue weighted by molar-refractivity contribution is 7.22. The number of benzene rings is 2. The molecule has 0 aliphatic heterocycles. The van der Waals surface area contributed by atoms with Gasteiger partial charge in [-0.1, -0.05) is 41.2 Å². The van der Waals surface area contributed by atoms with Crippen molar-refractivity contribution in [1.29, 1.82) is 0 Å². The number of carbonyl (C=O) groups is 1. The van der Waals surface area contributed by atoms with E-state index in [-0.39, 0.29) is 12.5 Å². The topological polar surface area (TPSA) is 72.3 Å². The molecule has 2 aromatic carbocycles. The summed E-state index contributed by atoms with van der Waals surface area (Å²) in [6.45, 7) is 4.71. The maximum absolute atomic E-state index is 12.5. The van der Waals surface area contributed by atoms with Crippen LogP contribution in [-0.4, -0.2) is 41.4 Å². The summed E-state index contributed by atoms with van der Waals surface area (Å²) in [5.41, 5.74) is 4.89. The largest absolute Gasteiger partial charge is 0.497 e. The standard InChI is InChI=1S/C23H25N5O2S/c1-15-8-10-18(11-9-15)28-22-21(16(2)26-28)31-23(25-22)27(3)14-20(29)24-13-17-6-5-7-19(12-17)30-4/h5-12H,13-14H2,1-4H3,(H,24,29). The molecule has 1 N–H and O–H groups in total. The Morgan fingerprint density at radius 1 is 1.19 bits per heavy atom. The van der Waals surface area contributed by atoms with Crippen LogP contribution in [0.15, 0.2) is 48.5 Å². The molecule has 160 valence electrons. The van der Waals surface area contributed by atoms with Crippen LogP contribution in [0.4, 0.5) is 5.13 Å². The maximum Gasteiger partial charge on any atom is 0.239 e. The molecule has 2 heterocycles. The van der Waals surface area contributed by atoms with Gasteiger partial charge in [-0.05, 0) is 43.7 Å². The van der Waals surface area contributed by atoms with Gasteiger partial charge in [0.15, 0.2) is 10.8 Å². The average molecular weight is 436 g/mol. The van der Waals surface area contributed by atoms with Gasteiger partial charge in [-0.15, -0.1) is 0 Å². The van der Waals surface area contributed by atoms with E-state index >= 15 is 0 Å². The van der Waals surface area contributed by atoms with Gasteiger partial charge < -0.3 is 15.0 Å². The molecule has 0 unspecified atom stereocenters. The zero-order chi connectivity index (χ0) is 22.0. The molecule has 0 saturated heterocycles. The molecule has 1 amide bonds. The number of nitrogens with zero attached hydrogens (tertiary/aromatic N) is 4. The Morgan fingerprint density at radius 2 is 1.97 bits per heavy atom. The molecule has 0 radical (unpaired) electrons. The molecular formula is C23H25N5O2S. The van der Waals surface area contributed by atoms with Crippen LogP contribution in [0.2, 0.25) is 0 Å². The van der Waals surface area contributed by atoms with Gasteiger partial charge in [0.05, 0.1) is 29.7 Å². The molecule has 2 aromatic heterocycles. The number of rotatable bonds is 7. The summed E-state index contributed by atoms with van der Waals surface area (Å²) in [6, 6.07) is 15.9. The maximum atomic E-state index is 12.5. The number of anilines is 1. The fourth-order valence-corrected chi connectivity index (χ4v) is 4.22. The van der Waals surface area contributed by atoms with E-state index in [0.717, 1.165) is 38.2 Å². The van der Waals surface area contributed by atoms with E-state index in [0.29, 0.717) is 6.54 Å². The number of fused-ring (bicyclic) bond motifs is 1. The monoisotopic (exact) mass is 435 g/mol. The molecule has 0 aliphatic carbocycles. The van der Waals surface area contributed by atoms with Gasteiger partial charge >= 0.3 is 0 Å². The third-order valence-corrected chi connectivity index (χ3v) is 6.25. The molecular weight excluding hydrogens is 410 g/mol. The van der Waals surface area contributed by atoms with Crippen molar-refractivity contribution in [1.82, 2.24) is 20.1 Å². The normalized spacial score (nSPS) is 11.0. The third-order valence-electron chi connectivity index (χ3n) is 4.99. The van der Waals surface area contributed by atoms with E-state index in [1.807, 2.05) is 60.0 Å². The molecule has 0 spiro atoms. The number of nitrogens with one attached hydrogen (secondary N) is 1. The second kappa shape index (κ2) is 8.77. The van der Waals surface area contributed by atoms with Crippen molar-refractivity contribution in [2.45, 2.75) is 20.4 Å². The second-order valence-corrected chi connectivity index (χ2v) is 8.44. The van der Waals surface area contributed by atoms with Crippen molar-refractivity contribution >= 4 is 32.7 Å². The summed E-state index contributed by atoms with van der Waals surface area (Å²) < 4.78 is 8.12. The Kier molecular flexibility index (Phi) is 5.90. The SMILES string of the molecule is COc1cccc(CNC(=O)CN(C)c2nc3c(s2)c(C)nn3-c2ccc(C)cc2)c1. The van der Waals surface area contributed by atoms with Crippen molar-refractivity contribution in [3.63, 3.8) is 0 Å². The van der Waals surface area contributed by atoms with Crippen molar-refractivity contribution in [2.24, 2.45) is 0 Å². The lowest BCUT2D eigenvalue weighted by Crippen LogP contribution is -2.34. The zero-order valence-electron chi connectivity index (χ0n) is 18.0. The van der Waals surface area contributed by atoms with E-state index in [9.17, 15) is 4.79 Å². The molecule has 31 heavy (non-hydrogen) atoms. The minimum Gasteiger partial charge on any atom is -0.497 e. The summed E-state index contributed by atoms with van der Waals surface area (Å²) in [4.78, 5) is 19.1. The number of hydrogen-bond donors (Lipinski definition) is 1. The number of methoxy groups -OCH3 is 1. The Morgan fingerprint density at radius 3 is 2.71 bits per heavy atom. The number of amides is 1. The summed E-state index contributed by atoms with van der Waals surface area (Å²) in [7, 11) is 3.51. The van der Waals surface area contributed by atoms with Crippen LogP contribution < -0.4 is 15.0 Å². The Labute approximate surface area is 185 Å². The molecule has 0 fully saturated rings. The van der Waals surface area contributed by atoms with Crippen LogP contribution in [0.25, 0.3) is 16.0 Å². The fraction of sp³-hybridized carbons (Fsp3) is 0.261. The number of aromatic nitrogens is 3. The highest BCUT2D eigenvalue weighted by atomic mass is 32.1. The van der Waals surface area contributed by atoms with Crippen LogP contribution in [-0.2, 0) is 11.3 Å². The third kappa shape index (κ3) is 4.54. The highest BCUT2D eigenvalue weighted by Crippen LogP contribution is 2.32. The van der Waals surface area contributed by atoms with Gasteiger partial charge in [0.1, 0.15) is 5.75 Å². The van der Waals surface area contributed by atoms with Gasteiger partial charge in [0.2, 0.25) is 5.91 Å². The van der Waals surface area contributed by atoms with Crippen LogP contribution in [0.1, 0.15) is 16.8 Å². The molecule has 8 heteroatoms. The minimum atomic E-state index is -0.0681. The van der Waals surface area contributed by atoms with Gasteiger partial charge in [0.25, 0.3) is 0 Å². The van der Waals surface area contributed by atoms with E-state index in [1.165, 1.54) is 5.56 Å². The van der Waals surface area contributed by atoms with Crippen molar-refractivity contribution in [2.75, 3.05) is 25.6 Å². The molecule has 0 bridgehead atoms. The van der Waals surface area contributed by atoms with Crippen molar-refractivity contribution in [3.05, 3.63) is 65.4 Å². The van der Waals surface area contributed by atoms with Crippen LogP contribution in [0, 0.1) is 13.8 Å². The molecule has 4 rings (SSSR count). The first-order valence-electron chi connectivity index (χ1n) is 9.98. The number of thiazole rings is 1. The average Bonchev–Trinajstić information content (AvgIpc) is 3.34. The molecule has 0 saturated carbocycles. The van der Waals surface area contributed by atoms with Gasteiger partial charge in [-0.2, -0.15) is 10.1 Å². The number of carbonyl (C=O) groups excluding carboxylic acids is 1. The Hall–Kier alpha value is -3.39. The van der Waals surface area contributed by atoms with Crippen molar-refractivity contribution in [3.8, 4) is 11.4 Å². The first kappa shape index (κ1) is 20.9. The van der Waals surface area contributed by atoms with Crippen LogP contribution in [0.5, 0.6) is 5.75 Å². The minimum absolute atomic E-state index is 0.0681. The summed E-state index contributed by atoms with van der Waals surface area (Å²) in [5.74, 6) is 0.706. The van der Waals surface area contributed by atoms with Crippen LogP contribution in [0.3, 0.4) is 0 Å². The van der Waals surface area contributed by atoms with E-state index in [2.05, 4.69) is 29.5 Å². The Balaban J connectivity index is 1.46. The fourth-order valence-electron chi connectivity index (χ4n) is 3.27. The second-order valence-electron chi connectivity index (χ2n) is 7.47. The lowest BCUT2D eigenvalue weighted by atomic mass is 10.2. The molecule has 0 atom stereocenters. The van der Waals surface area contributed by atoms with E-state index in [1.54, 1.807) is 18.4 Å². The molecule has 0 aliphatic rings. The number of hydrogen-bond acceptors (Lipinski definition) is 6.